The number of hydrogen-bond donors (Lipinski definition) is 0. The Morgan fingerprint density at radius 1 is 1.35 bits per heavy atom. The smallest absolute Gasteiger partial charge is 0.109 e. The Labute approximate surface area is 107 Å². The largest absolute Gasteiger partial charge is 0.325 e. The summed E-state index contributed by atoms with van der Waals surface area (Å²) in [5.74, 6) is 1.20. The second kappa shape index (κ2) is 4.34. The van der Waals surface area contributed by atoms with E-state index in [9.17, 15) is 0 Å². The minimum absolute atomic E-state index is 0.633. The van der Waals surface area contributed by atoms with Crippen LogP contribution in [0, 0.1) is 0 Å². The zero-order chi connectivity index (χ0) is 11.8. The number of rotatable bonds is 2. The second-order valence-electron chi connectivity index (χ2n) is 4.82. The second-order valence-corrected chi connectivity index (χ2v) is 5.26. The molecule has 1 aliphatic rings. The molecule has 2 aromatic rings. The summed E-state index contributed by atoms with van der Waals surface area (Å²) in [6.07, 6.45) is 6.24. The number of halogens is 1. The fourth-order valence-electron chi connectivity index (χ4n) is 2.94. The van der Waals surface area contributed by atoms with Gasteiger partial charge in [-0.1, -0.05) is 31.4 Å². The number of nitrogens with zero attached hydrogens (tertiary/aromatic N) is 2. The molecular formula is C14H17ClN2. The van der Waals surface area contributed by atoms with E-state index in [4.69, 9.17) is 16.6 Å². The molecule has 1 aromatic heterocycles. The van der Waals surface area contributed by atoms with Gasteiger partial charge in [-0.3, -0.25) is 0 Å². The standard InChI is InChI=1S/C14H17ClN2/c1-2-14-16-12-8-7-10(15)9-13(12)17(14)11-5-3-4-6-11/h7-9,11H,2-6H2,1H3. The van der Waals surface area contributed by atoms with Crippen LogP contribution in [0.1, 0.15) is 44.5 Å². The maximum Gasteiger partial charge on any atom is 0.109 e. The molecule has 0 saturated heterocycles. The number of imidazole rings is 1. The van der Waals surface area contributed by atoms with Crippen LogP contribution in [-0.2, 0) is 6.42 Å². The fraction of sp³-hybridized carbons (Fsp3) is 0.500. The highest BCUT2D eigenvalue weighted by Gasteiger charge is 2.21. The average Bonchev–Trinajstić information content (AvgIpc) is 2.93. The topological polar surface area (TPSA) is 17.8 Å². The lowest BCUT2D eigenvalue weighted by molar-refractivity contribution is 0.513. The normalized spacial score (nSPS) is 17.1. The number of hydrogen-bond acceptors (Lipinski definition) is 1. The number of aryl methyl sites for hydroxylation is 1. The number of aromatic nitrogens is 2. The van der Waals surface area contributed by atoms with Crippen molar-refractivity contribution in [1.82, 2.24) is 9.55 Å². The molecule has 0 bridgehead atoms. The average molecular weight is 249 g/mol. The van der Waals surface area contributed by atoms with Crippen LogP contribution in [0.4, 0.5) is 0 Å². The molecule has 0 N–H and O–H groups in total. The Morgan fingerprint density at radius 2 is 2.12 bits per heavy atom. The van der Waals surface area contributed by atoms with Gasteiger partial charge >= 0.3 is 0 Å². The molecule has 90 valence electrons. The minimum Gasteiger partial charge on any atom is -0.325 e. The molecule has 17 heavy (non-hydrogen) atoms. The van der Waals surface area contributed by atoms with Crippen molar-refractivity contribution < 1.29 is 0 Å². The first-order valence-corrected chi connectivity index (χ1v) is 6.83. The molecule has 1 heterocycles. The van der Waals surface area contributed by atoms with Gasteiger partial charge in [0, 0.05) is 17.5 Å². The fourth-order valence-corrected chi connectivity index (χ4v) is 3.10. The van der Waals surface area contributed by atoms with Gasteiger partial charge < -0.3 is 4.57 Å². The summed E-state index contributed by atoms with van der Waals surface area (Å²) in [6, 6.07) is 6.65. The highest BCUT2D eigenvalue weighted by molar-refractivity contribution is 6.31. The van der Waals surface area contributed by atoms with Gasteiger partial charge in [0.25, 0.3) is 0 Å². The van der Waals surface area contributed by atoms with Crippen molar-refractivity contribution >= 4 is 22.6 Å². The van der Waals surface area contributed by atoms with Crippen molar-refractivity contribution in [3.05, 3.63) is 29.0 Å². The van der Waals surface area contributed by atoms with E-state index in [-0.39, 0.29) is 0 Å². The first-order chi connectivity index (χ1) is 8.29. The van der Waals surface area contributed by atoms with Gasteiger partial charge in [0.2, 0.25) is 0 Å². The van der Waals surface area contributed by atoms with Crippen LogP contribution in [0.3, 0.4) is 0 Å². The molecule has 2 nitrogen and oxygen atoms in total. The molecule has 3 heteroatoms. The van der Waals surface area contributed by atoms with Gasteiger partial charge in [-0.25, -0.2) is 4.98 Å². The Hall–Kier alpha value is -1.02. The Balaban J connectivity index is 2.20. The maximum atomic E-state index is 6.11. The van der Waals surface area contributed by atoms with E-state index in [1.165, 1.54) is 37.0 Å². The Kier molecular flexibility index (Phi) is 2.83. The third kappa shape index (κ3) is 1.85. The maximum absolute atomic E-state index is 6.11. The summed E-state index contributed by atoms with van der Waals surface area (Å²) < 4.78 is 2.42. The van der Waals surface area contributed by atoms with E-state index in [0.717, 1.165) is 17.0 Å². The first kappa shape index (κ1) is 11.1. The molecule has 0 unspecified atom stereocenters. The molecule has 0 aliphatic heterocycles. The van der Waals surface area contributed by atoms with Gasteiger partial charge in [-0.15, -0.1) is 0 Å². The minimum atomic E-state index is 0.633. The van der Waals surface area contributed by atoms with E-state index >= 15 is 0 Å². The molecule has 1 saturated carbocycles. The quantitative estimate of drug-likeness (QED) is 0.772. The molecule has 1 aromatic carbocycles. The van der Waals surface area contributed by atoms with Gasteiger partial charge in [-0.05, 0) is 31.0 Å². The van der Waals surface area contributed by atoms with Crippen LogP contribution in [-0.4, -0.2) is 9.55 Å². The van der Waals surface area contributed by atoms with Crippen molar-refractivity contribution in [2.45, 2.75) is 45.1 Å². The third-order valence-electron chi connectivity index (χ3n) is 3.73. The predicted molar refractivity (Wildman–Crippen MR) is 71.6 cm³/mol. The van der Waals surface area contributed by atoms with Gasteiger partial charge in [-0.2, -0.15) is 0 Å². The zero-order valence-corrected chi connectivity index (χ0v) is 10.9. The van der Waals surface area contributed by atoms with Crippen LogP contribution in [0.25, 0.3) is 11.0 Å². The van der Waals surface area contributed by atoms with E-state index in [2.05, 4.69) is 17.6 Å². The first-order valence-electron chi connectivity index (χ1n) is 6.46. The molecule has 3 rings (SSSR count). The Bertz CT molecular complexity index is 538. The SMILES string of the molecule is CCc1nc2ccc(Cl)cc2n1C1CCCC1. The lowest BCUT2D eigenvalue weighted by Gasteiger charge is -2.15. The molecule has 0 atom stereocenters. The van der Waals surface area contributed by atoms with Crippen molar-refractivity contribution in [2.75, 3.05) is 0 Å². The van der Waals surface area contributed by atoms with E-state index in [1.807, 2.05) is 12.1 Å². The van der Waals surface area contributed by atoms with Crippen molar-refractivity contribution in [1.29, 1.82) is 0 Å². The van der Waals surface area contributed by atoms with Crippen LogP contribution in [0.5, 0.6) is 0 Å². The summed E-state index contributed by atoms with van der Waals surface area (Å²) in [5, 5.41) is 0.805. The molecular weight excluding hydrogens is 232 g/mol. The highest BCUT2D eigenvalue weighted by atomic mass is 35.5. The monoisotopic (exact) mass is 248 g/mol. The van der Waals surface area contributed by atoms with Crippen LogP contribution >= 0.6 is 11.6 Å². The lowest BCUT2D eigenvalue weighted by atomic mass is 10.2. The zero-order valence-electron chi connectivity index (χ0n) is 10.1. The van der Waals surface area contributed by atoms with Gasteiger partial charge in [0.15, 0.2) is 0 Å². The summed E-state index contributed by atoms with van der Waals surface area (Å²) in [6.45, 7) is 2.17. The van der Waals surface area contributed by atoms with Crippen molar-refractivity contribution in [2.24, 2.45) is 0 Å². The summed E-state index contributed by atoms with van der Waals surface area (Å²) >= 11 is 6.11. The van der Waals surface area contributed by atoms with Gasteiger partial charge in [0.1, 0.15) is 5.82 Å². The lowest BCUT2D eigenvalue weighted by Crippen LogP contribution is -2.08. The van der Waals surface area contributed by atoms with E-state index in [0.29, 0.717) is 6.04 Å². The van der Waals surface area contributed by atoms with Crippen molar-refractivity contribution in [3.8, 4) is 0 Å². The van der Waals surface area contributed by atoms with E-state index < -0.39 is 0 Å². The number of benzene rings is 1. The summed E-state index contributed by atoms with van der Waals surface area (Å²) in [4.78, 5) is 4.72. The molecule has 0 spiro atoms. The summed E-state index contributed by atoms with van der Waals surface area (Å²) in [7, 11) is 0. The van der Waals surface area contributed by atoms with Crippen LogP contribution in [0.2, 0.25) is 5.02 Å². The van der Waals surface area contributed by atoms with Crippen molar-refractivity contribution in [3.63, 3.8) is 0 Å². The third-order valence-corrected chi connectivity index (χ3v) is 3.97. The Morgan fingerprint density at radius 3 is 2.82 bits per heavy atom. The predicted octanol–water partition coefficient (Wildman–Crippen LogP) is 4.37. The summed E-state index contributed by atoms with van der Waals surface area (Å²) in [5.41, 5.74) is 2.29. The van der Waals surface area contributed by atoms with Crippen LogP contribution in [0.15, 0.2) is 18.2 Å². The molecule has 0 amide bonds. The molecule has 0 radical (unpaired) electrons. The molecule has 1 aliphatic carbocycles. The molecule has 1 fully saturated rings. The van der Waals surface area contributed by atoms with Crippen LogP contribution < -0.4 is 0 Å². The van der Waals surface area contributed by atoms with E-state index in [1.54, 1.807) is 0 Å². The number of fused-ring (bicyclic) bond motifs is 1. The van der Waals surface area contributed by atoms with Gasteiger partial charge in [0.05, 0.1) is 11.0 Å². The highest BCUT2D eigenvalue weighted by Crippen LogP contribution is 2.34.